The third kappa shape index (κ3) is 3.82. The second kappa shape index (κ2) is 8.11. The van der Waals surface area contributed by atoms with Gasteiger partial charge in [0.15, 0.2) is 5.71 Å². The Morgan fingerprint density at radius 2 is 1.96 bits per heavy atom. The lowest BCUT2D eigenvalue weighted by atomic mass is 9.72. The molecule has 0 saturated heterocycles. The second-order valence-electron chi connectivity index (χ2n) is 6.24. The zero-order valence-corrected chi connectivity index (χ0v) is 14.7. The lowest BCUT2D eigenvalue weighted by Crippen LogP contribution is -2.54. The number of nitrogens with one attached hydrogen (secondary N) is 1. The summed E-state index contributed by atoms with van der Waals surface area (Å²) in [5, 5.41) is 34.3. The van der Waals surface area contributed by atoms with E-state index in [4.69, 9.17) is 10.4 Å². The molecule has 28 heavy (non-hydrogen) atoms. The van der Waals surface area contributed by atoms with Gasteiger partial charge in [0.2, 0.25) is 0 Å². The van der Waals surface area contributed by atoms with Gasteiger partial charge in [-0.1, -0.05) is 41.6 Å². The van der Waals surface area contributed by atoms with Gasteiger partial charge in [-0.05, 0) is 23.6 Å². The summed E-state index contributed by atoms with van der Waals surface area (Å²) in [4.78, 5) is 23.8. The van der Waals surface area contributed by atoms with Crippen LogP contribution < -0.4 is 15.7 Å². The Morgan fingerprint density at radius 1 is 1.25 bits per heavy atom. The summed E-state index contributed by atoms with van der Waals surface area (Å²) in [6.07, 6.45) is 0.147. The standard InChI is InChI=1S/C18H18BN3O6/c20-9-10-4-6-11(7-5-10)15(22-27)17(23)21-14-8-12-2-1-3-13(18(24)25)16(12)28-19(14)26/h1-7,14,26-27H,8-9,20H2,(H,21,23)(H,24,25). The lowest BCUT2D eigenvalue weighted by Gasteiger charge is -2.28. The minimum atomic E-state index is -1.46. The molecule has 10 heteroatoms. The number of carbonyl (C=O) groups is 2. The van der Waals surface area contributed by atoms with Crippen LogP contribution in [0.25, 0.3) is 0 Å². The minimum absolute atomic E-state index is 0.0704. The average molecular weight is 383 g/mol. The van der Waals surface area contributed by atoms with Crippen molar-refractivity contribution in [3.63, 3.8) is 0 Å². The van der Waals surface area contributed by atoms with Crippen LogP contribution in [0.15, 0.2) is 47.6 Å². The quantitative estimate of drug-likeness (QED) is 0.213. The van der Waals surface area contributed by atoms with Gasteiger partial charge in [0.25, 0.3) is 5.91 Å². The third-order valence-electron chi connectivity index (χ3n) is 4.44. The van der Waals surface area contributed by atoms with Crippen LogP contribution in [0.1, 0.15) is 27.0 Å². The number of para-hydroxylation sites is 1. The summed E-state index contributed by atoms with van der Waals surface area (Å²) in [5.41, 5.74) is 6.99. The van der Waals surface area contributed by atoms with Crippen molar-refractivity contribution in [3.05, 3.63) is 64.7 Å². The number of nitrogens with two attached hydrogens (primary N) is 1. The molecule has 0 saturated carbocycles. The number of hydrogen-bond donors (Lipinski definition) is 5. The average Bonchev–Trinajstić information content (AvgIpc) is 2.69. The van der Waals surface area contributed by atoms with Gasteiger partial charge in [0, 0.05) is 12.1 Å². The fraction of sp³-hybridized carbons (Fsp3) is 0.167. The Hall–Kier alpha value is -3.37. The highest BCUT2D eigenvalue weighted by atomic mass is 16.5. The fourth-order valence-corrected chi connectivity index (χ4v) is 2.99. The van der Waals surface area contributed by atoms with Crippen LogP contribution in [0.5, 0.6) is 5.75 Å². The highest BCUT2D eigenvalue weighted by Gasteiger charge is 2.38. The Bertz CT molecular complexity index is 931. The highest BCUT2D eigenvalue weighted by molar-refractivity contribution is 6.50. The second-order valence-corrected chi connectivity index (χ2v) is 6.24. The van der Waals surface area contributed by atoms with E-state index in [9.17, 15) is 24.9 Å². The summed E-state index contributed by atoms with van der Waals surface area (Å²) in [5.74, 6) is -2.68. The molecular weight excluding hydrogens is 365 g/mol. The van der Waals surface area contributed by atoms with Crippen molar-refractivity contribution in [2.45, 2.75) is 18.9 Å². The molecule has 1 atom stereocenters. The van der Waals surface area contributed by atoms with Crippen molar-refractivity contribution >= 4 is 24.7 Å². The molecule has 0 fully saturated rings. The van der Waals surface area contributed by atoms with E-state index in [1.165, 1.54) is 6.07 Å². The molecule has 0 bridgehead atoms. The van der Waals surface area contributed by atoms with Crippen molar-refractivity contribution in [2.24, 2.45) is 10.9 Å². The van der Waals surface area contributed by atoms with Crippen molar-refractivity contribution < 1.29 is 29.6 Å². The fourth-order valence-electron chi connectivity index (χ4n) is 2.99. The number of carbonyl (C=O) groups excluding carboxylic acids is 1. The molecule has 6 N–H and O–H groups in total. The number of aromatic carboxylic acids is 1. The van der Waals surface area contributed by atoms with Gasteiger partial charge >= 0.3 is 13.1 Å². The number of amides is 1. The molecule has 1 aliphatic heterocycles. The molecule has 2 aromatic rings. The number of carboxylic acids is 1. The molecule has 3 rings (SSSR count). The van der Waals surface area contributed by atoms with E-state index in [2.05, 4.69) is 10.5 Å². The molecule has 0 spiro atoms. The van der Waals surface area contributed by atoms with Crippen LogP contribution in [0, 0.1) is 0 Å². The Morgan fingerprint density at radius 3 is 2.57 bits per heavy atom. The Kier molecular flexibility index (Phi) is 5.62. The number of rotatable bonds is 5. The number of benzene rings is 2. The summed E-state index contributed by atoms with van der Waals surface area (Å²) in [7, 11) is -1.46. The van der Waals surface area contributed by atoms with Crippen LogP contribution in [-0.4, -0.2) is 46.0 Å². The zero-order valence-electron chi connectivity index (χ0n) is 14.7. The van der Waals surface area contributed by atoms with E-state index >= 15 is 0 Å². The normalized spacial score (nSPS) is 16.1. The maximum Gasteiger partial charge on any atom is 0.547 e. The molecule has 1 aliphatic rings. The van der Waals surface area contributed by atoms with Crippen molar-refractivity contribution in [1.82, 2.24) is 5.32 Å². The highest BCUT2D eigenvalue weighted by Crippen LogP contribution is 2.30. The predicted molar refractivity (Wildman–Crippen MR) is 100 cm³/mol. The SMILES string of the molecule is NCc1ccc(C(=NO)C(=O)NC2Cc3cccc(C(=O)O)c3OB2O)cc1. The van der Waals surface area contributed by atoms with E-state index in [-0.39, 0.29) is 23.4 Å². The van der Waals surface area contributed by atoms with Crippen molar-refractivity contribution in [2.75, 3.05) is 0 Å². The zero-order chi connectivity index (χ0) is 20.3. The summed E-state index contributed by atoms with van der Waals surface area (Å²) < 4.78 is 5.33. The first-order valence-electron chi connectivity index (χ1n) is 8.46. The number of nitrogens with zero attached hydrogens (tertiary/aromatic N) is 1. The first-order chi connectivity index (χ1) is 13.4. The van der Waals surface area contributed by atoms with E-state index < -0.39 is 24.9 Å². The van der Waals surface area contributed by atoms with Gasteiger partial charge in [0.05, 0.1) is 11.5 Å². The van der Waals surface area contributed by atoms with Crippen LogP contribution >= 0.6 is 0 Å². The predicted octanol–water partition coefficient (Wildman–Crippen LogP) is 0.161. The van der Waals surface area contributed by atoms with Gasteiger partial charge in [-0.15, -0.1) is 0 Å². The smallest absolute Gasteiger partial charge is 0.534 e. The van der Waals surface area contributed by atoms with E-state index in [0.29, 0.717) is 17.7 Å². The topological polar surface area (TPSA) is 154 Å². The maximum atomic E-state index is 12.5. The maximum absolute atomic E-state index is 12.5. The number of hydrogen-bond acceptors (Lipinski definition) is 7. The Balaban J connectivity index is 1.78. The van der Waals surface area contributed by atoms with Crippen LogP contribution in [-0.2, 0) is 17.8 Å². The molecule has 1 amide bonds. The Labute approximate surface area is 160 Å². The first-order valence-corrected chi connectivity index (χ1v) is 8.46. The van der Waals surface area contributed by atoms with Crippen LogP contribution in [0.4, 0.5) is 0 Å². The van der Waals surface area contributed by atoms with Crippen LogP contribution in [0.3, 0.4) is 0 Å². The first kappa shape index (κ1) is 19.4. The number of oxime groups is 1. The summed E-state index contributed by atoms with van der Waals surface area (Å²) >= 11 is 0. The monoisotopic (exact) mass is 383 g/mol. The molecule has 144 valence electrons. The molecule has 1 heterocycles. The molecule has 1 unspecified atom stereocenters. The van der Waals surface area contributed by atoms with Gasteiger partial charge in [-0.2, -0.15) is 0 Å². The van der Waals surface area contributed by atoms with E-state index in [1.807, 2.05) is 0 Å². The van der Waals surface area contributed by atoms with Gasteiger partial charge in [0.1, 0.15) is 5.75 Å². The third-order valence-corrected chi connectivity index (χ3v) is 4.44. The molecule has 0 aliphatic carbocycles. The van der Waals surface area contributed by atoms with Crippen molar-refractivity contribution in [1.29, 1.82) is 0 Å². The minimum Gasteiger partial charge on any atom is -0.534 e. The number of carboxylic acid groups (broad SMARTS) is 1. The molecule has 2 aromatic carbocycles. The van der Waals surface area contributed by atoms with E-state index in [0.717, 1.165) is 5.56 Å². The van der Waals surface area contributed by atoms with Crippen LogP contribution in [0.2, 0.25) is 0 Å². The molecular formula is C18H18BN3O6. The lowest BCUT2D eigenvalue weighted by molar-refractivity contribution is -0.115. The largest absolute Gasteiger partial charge is 0.547 e. The van der Waals surface area contributed by atoms with E-state index in [1.54, 1.807) is 36.4 Å². The van der Waals surface area contributed by atoms with Gasteiger partial charge in [-0.3, -0.25) is 4.79 Å². The van der Waals surface area contributed by atoms with Crippen molar-refractivity contribution in [3.8, 4) is 5.75 Å². The summed E-state index contributed by atoms with van der Waals surface area (Å²) in [6.45, 7) is 0.335. The molecule has 0 aromatic heterocycles. The van der Waals surface area contributed by atoms with Gasteiger partial charge < -0.3 is 31.0 Å². The number of fused-ring (bicyclic) bond motifs is 1. The summed E-state index contributed by atoms with van der Waals surface area (Å²) in [6, 6.07) is 11.2. The molecule has 0 radical (unpaired) electrons. The van der Waals surface area contributed by atoms with Gasteiger partial charge in [-0.25, -0.2) is 4.79 Å². The molecule has 9 nitrogen and oxygen atoms in total.